The lowest BCUT2D eigenvalue weighted by Crippen LogP contribution is -2.28. The van der Waals surface area contributed by atoms with Crippen LogP contribution in [0.3, 0.4) is 0 Å². The Morgan fingerprint density at radius 2 is 1.71 bits per heavy atom. The van der Waals surface area contributed by atoms with Crippen LogP contribution in [0.15, 0.2) is 0 Å². The predicted octanol–water partition coefficient (Wildman–Crippen LogP) is -0.639. The molecule has 0 amide bonds. The lowest BCUT2D eigenvalue weighted by atomic mass is 9.99. The number of carboxylic acid groups (broad SMARTS) is 1. The first-order chi connectivity index (χ1) is 7.60. The van der Waals surface area contributed by atoms with Gasteiger partial charge in [-0.25, -0.2) is 4.31 Å². The lowest BCUT2D eigenvalue weighted by Gasteiger charge is -2.18. The molecule has 0 rings (SSSR count). The minimum Gasteiger partial charge on any atom is -0.481 e. The van der Waals surface area contributed by atoms with Crippen molar-refractivity contribution in [2.75, 3.05) is 6.61 Å². The Balaban J connectivity index is 0. The van der Waals surface area contributed by atoms with Crippen LogP contribution in [0.2, 0.25) is 0 Å². The van der Waals surface area contributed by atoms with Gasteiger partial charge in [0.05, 0.1) is 12.0 Å². The van der Waals surface area contributed by atoms with Crippen LogP contribution in [0.4, 0.5) is 0 Å². The van der Waals surface area contributed by atoms with E-state index in [9.17, 15) is 13.9 Å². The van der Waals surface area contributed by atoms with Crippen molar-refractivity contribution in [2.45, 2.75) is 25.4 Å². The van der Waals surface area contributed by atoms with Gasteiger partial charge in [0, 0.05) is 6.61 Å². The molecule has 11 heteroatoms. The van der Waals surface area contributed by atoms with E-state index in [0.717, 1.165) is 0 Å². The molecular weight excluding hydrogens is 278 g/mol. The highest BCUT2D eigenvalue weighted by Gasteiger charge is 2.22. The molecule has 0 bridgehead atoms. The van der Waals surface area contributed by atoms with Crippen molar-refractivity contribution in [2.24, 2.45) is 0 Å². The fourth-order valence-electron chi connectivity index (χ4n) is 0.730. The van der Waals surface area contributed by atoms with Gasteiger partial charge in [0.25, 0.3) is 0 Å². The zero-order valence-electron chi connectivity index (χ0n) is 8.99. The van der Waals surface area contributed by atoms with Crippen molar-refractivity contribution in [3.63, 3.8) is 0 Å². The minimum absolute atomic E-state index is 0.0965. The molecule has 0 saturated heterocycles. The second kappa shape index (κ2) is 9.73. The Morgan fingerprint density at radius 1 is 1.29 bits per heavy atom. The highest BCUT2D eigenvalue weighted by molar-refractivity contribution is 7.46. The highest BCUT2D eigenvalue weighted by Crippen LogP contribution is 2.30. The zero-order valence-corrected chi connectivity index (χ0v) is 11.0. The van der Waals surface area contributed by atoms with E-state index >= 15 is 0 Å². The number of rotatable bonds is 6. The van der Waals surface area contributed by atoms with Crippen LogP contribution >= 0.6 is 16.5 Å². The molecule has 0 radical (unpaired) electrons. The maximum Gasteiger partial charge on any atom is 0.323 e. The van der Waals surface area contributed by atoms with Crippen molar-refractivity contribution < 1.29 is 43.3 Å². The monoisotopic (exact) mass is 294 g/mol. The molecule has 0 spiro atoms. The van der Waals surface area contributed by atoms with E-state index in [2.05, 4.69) is 4.31 Å². The average molecular weight is 294 g/mol. The van der Waals surface area contributed by atoms with E-state index in [1.807, 2.05) is 0 Å². The second-order valence-electron chi connectivity index (χ2n) is 3.17. The maximum atomic E-state index is 10.0. The Bertz CT molecular complexity index is 265. The van der Waals surface area contributed by atoms with Gasteiger partial charge in [0.2, 0.25) is 0 Å². The van der Waals surface area contributed by atoms with Gasteiger partial charge in [-0.05, 0) is 13.3 Å². The summed E-state index contributed by atoms with van der Waals surface area (Å²) in [5.74, 6) is -1.06. The first-order valence-corrected chi connectivity index (χ1v) is 6.82. The number of carbonyl (C=O) groups is 1. The molecule has 17 heavy (non-hydrogen) atoms. The molecule has 0 fully saturated rings. The van der Waals surface area contributed by atoms with Crippen LogP contribution in [0.1, 0.15) is 19.8 Å². The third-order valence-corrected chi connectivity index (χ3v) is 2.75. The molecule has 3 unspecified atom stereocenters. The summed E-state index contributed by atoms with van der Waals surface area (Å²) in [5.41, 5.74) is -1.28. The highest BCUT2D eigenvalue weighted by atomic mass is 31.2. The van der Waals surface area contributed by atoms with Crippen LogP contribution in [-0.4, -0.2) is 43.3 Å². The van der Waals surface area contributed by atoms with Gasteiger partial charge in [0.1, 0.15) is 0 Å². The van der Waals surface area contributed by atoms with E-state index in [0.29, 0.717) is 0 Å². The maximum absolute atomic E-state index is 10.0. The van der Waals surface area contributed by atoms with Crippen molar-refractivity contribution in [1.82, 2.24) is 0 Å². The van der Waals surface area contributed by atoms with Crippen molar-refractivity contribution >= 4 is 22.5 Å². The lowest BCUT2D eigenvalue weighted by molar-refractivity contribution is -0.142. The molecule has 0 aliphatic heterocycles. The second-order valence-corrected chi connectivity index (χ2v) is 5.06. The Hall–Kier alpha value is -0.270. The molecule has 0 aromatic rings. The van der Waals surface area contributed by atoms with Crippen LogP contribution < -0.4 is 0 Å². The van der Waals surface area contributed by atoms with Crippen LogP contribution in [-0.2, 0) is 18.2 Å². The molecule has 3 atom stereocenters. The largest absolute Gasteiger partial charge is 0.481 e. The fourth-order valence-corrected chi connectivity index (χ4v) is 1.33. The van der Waals surface area contributed by atoms with Crippen molar-refractivity contribution in [3.05, 3.63) is 0 Å². The number of carboxylic acids is 1. The third-order valence-electron chi connectivity index (χ3n) is 1.36. The summed E-state index contributed by atoms with van der Waals surface area (Å²) in [7, 11) is -6.40. The Labute approximate surface area is 98.6 Å². The summed E-state index contributed by atoms with van der Waals surface area (Å²) in [5, 5.41) is 25.7. The minimum atomic E-state index is -3.20. The van der Waals surface area contributed by atoms with Gasteiger partial charge in [-0.1, -0.05) is 0 Å². The van der Waals surface area contributed by atoms with Gasteiger partial charge >= 0.3 is 22.5 Å². The normalized spacial score (nSPS) is 17.2. The summed E-state index contributed by atoms with van der Waals surface area (Å²) in [6.07, 6.45) is -0.229. The van der Waals surface area contributed by atoms with Gasteiger partial charge in [-0.2, -0.15) is 0 Å². The number of hydrogen-bond acceptors (Lipinski definition) is 6. The molecule has 0 aliphatic rings. The molecule has 0 aromatic carbocycles. The summed E-state index contributed by atoms with van der Waals surface area (Å²) in [6, 6.07) is 0. The molecule has 9 nitrogen and oxygen atoms in total. The zero-order chi connectivity index (χ0) is 14.1. The standard InChI is InChI=1S/C6H12O4.H4O5P2/c1-6(10,2-3-7)4-5(8)9;1-6(2)5-7(3)4/h7,10H,2-4H2,1H3,(H,8,9);6-7H,(H,1,2)(H,3,4). The Kier molecular flexibility index (Phi) is 10.9. The Morgan fingerprint density at radius 3 is 1.88 bits per heavy atom. The molecule has 0 aliphatic carbocycles. The third kappa shape index (κ3) is 18.3. The first-order valence-electron chi connectivity index (χ1n) is 4.29. The molecule has 104 valence electrons. The molecule has 0 saturated carbocycles. The van der Waals surface area contributed by atoms with E-state index in [-0.39, 0.29) is 19.4 Å². The number of hydrogen-bond donors (Lipinski definition) is 5. The van der Waals surface area contributed by atoms with E-state index in [1.165, 1.54) is 6.92 Å². The number of aliphatic carboxylic acids is 1. The molecular formula is C6H16O9P2. The predicted molar refractivity (Wildman–Crippen MR) is 58.1 cm³/mol. The van der Waals surface area contributed by atoms with Crippen molar-refractivity contribution in [3.8, 4) is 0 Å². The summed E-state index contributed by atoms with van der Waals surface area (Å²) >= 11 is 0. The van der Waals surface area contributed by atoms with Crippen LogP contribution in [0, 0.1) is 0 Å². The number of aliphatic hydroxyl groups excluding tert-OH is 1. The van der Waals surface area contributed by atoms with E-state index in [1.54, 1.807) is 0 Å². The van der Waals surface area contributed by atoms with Gasteiger partial charge < -0.3 is 25.1 Å². The summed E-state index contributed by atoms with van der Waals surface area (Å²) in [6.45, 7) is 1.19. The van der Waals surface area contributed by atoms with Gasteiger partial charge in [-0.15, -0.1) is 0 Å². The summed E-state index contributed by atoms with van der Waals surface area (Å²) in [4.78, 5) is 25.5. The molecule has 5 N–H and O–H groups in total. The van der Waals surface area contributed by atoms with Crippen molar-refractivity contribution in [1.29, 1.82) is 0 Å². The molecule has 0 aromatic heterocycles. The molecule has 0 heterocycles. The summed E-state index contributed by atoms with van der Waals surface area (Å²) < 4.78 is 22.3. The quantitative estimate of drug-likeness (QED) is 0.401. The topological polar surface area (TPSA) is 162 Å². The van der Waals surface area contributed by atoms with Crippen LogP contribution in [0.5, 0.6) is 0 Å². The van der Waals surface area contributed by atoms with E-state index in [4.69, 9.17) is 25.1 Å². The SMILES string of the molecule is CC(O)(CCO)CC(=O)O.O=[PH](O)O[PH](=O)O. The van der Waals surface area contributed by atoms with Gasteiger partial charge in [-0.3, -0.25) is 13.9 Å². The van der Waals surface area contributed by atoms with Crippen LogP contribution in [0.25, 0.3) is 0 Å². The average Bonchev–Trinajstić information content (AvgIpc) is 1.97. The number of aliphatic hydroxyl groups is 2. The first kappa shape index (κ1) is 19.1. The smallest absolute Gasteiger partial charge is 0.323 e. The van der Waals surface area contributed by atoms with E-state index < -0.39 is 28.1 Å². The fraction of sp³-hybridized carbons (Fsp3) is 0.833. The van der Waals surface area contributed by atoms with Gasteiger partial charge in [0.15, 0.2) is 0 Å².